The van der Waals surface area contributed by atoms with Gasteiger partial charge in [0.2, 0.25) is 0 Å². The van der Waals surface area contributed by atoms with Crippen molar-refractivity contribution in [3.8, 4) is 0 Å². The monoisotopic (exact) mass is 418 g/mol. The van der Waals surface area contributed by atoms with E-state index in [0.29, 0.717) is 11.3 Å². The molecule has 1 spiro atoms. The minimum atomic E-state index is -1.03. The van der Waals surface area contributed by atoms with Crippen molar-refractivity contribution in [2.24, 2.45) is 0 Å². The predicted molar refractivity (Wildman–Crippen MR) is 97.7 cm³/mol. The number of carbonyl (C=O) groups excluding carboxylic acids is 3. The van der Waals surface area contributed by atoms with Crippen LogP contribution in [0.4, 0.5) is 4.79 Å². The summed E-state index contributed by atoms with van der Waals surface area (Å²) in [5.41, 5.74) is 0.911. The van der Waals surface area contributed by atoms with E-state index >= 15 is 0 Å². The molecule has 0 saturated carbocycles. The topological polar surface area (TPSA) is 66.5 Å². The fourth-order valence-electron chi connectivity index (χ4n) is 3.64. The molecule has 128 valence electrons. The third kappa shape index (κ3) is 2.62. The van der Waals surface area contributed by atoms with Gasteiger partial charge in [0, 0.05) is 0 Å². The van der Waals surface area contributed by atoms with Crippen molar-refractivity contribution < 1.29 is 14.4 Å². The molecule has 7 heteroatoms. The first-order valence-corrected chi connectivity index (χ1v) is 9.63. The molecule has 1 aromatic heterocycles. The van der Waals surface area contributed by atoms with E-state index in [4.69, 9.17) is 0 Å². The Morgan fingerprint density at radius 2 is 2.04 bits per heavy atom. The van der Waals surface area contributed by atoms with Crippen molar-refractivity contribution >= 4 is 45.0 Å². The third-order valence-corrected chi connectivity index (χ3v) is 6.47. The number of nitrogens with one attached hydrogen (secondary N) is 1. The summed E-state index contributed by atoms with van der Waals surface area (Å²) in [4.78, 5) is 39.6. The Morgan fingerprint density at radius 1 is 1.24 bits per heavy atom. The number of thiophene rings is 1. The van der Waals surface area contributed by atoms with Gasteiger partial charge in [0.15, 0.2) is 5.78 Å². The number of ketones is 1. The number of urea groups is 1. The van der Waals surface area contributed by atoms with E-state index in [0.717, 1.165) is 32.7 Å². The zero-order chi connectivity index (χ0) is 17.6. The Morgan fingerprint density at radius 3 is 2.80 bits per heavy atom. The highest BCUT2D eigenvalue weighted by Crippen LogP contribution is 2.40. The van der Waals surface area contributed by atoms with E-state index < -0.39 is 11.6 Å². The highest BCUT2D eigenvalue weighted by atomic mass is 79.9. The highest BCUT2D eigenvalue weighted by Gasteiger charge is 2.54. The van der Waals surface area contributed by atoms with Crippen molar-refractivity contribution in [2.75, 3.05) is 6.54 Å². The Kier molecular flexibility index (Phi) is 4.00. The zero-order valence-electron chi connectivity index (χ0n) is 13.3. The van der Waals surface area contributed by atoms with Crippen LogP contribution in [0.25, 0.3) is 0 Å². The van der Waals surface area contributed by atoms with E-state index in [-0.39, 0.29) is 18.2 Å². The summed E-state index contributed by atoms with van der Waals surface area (Å²) in [6.07, 6.45) is 2.27. The number of amides is 3. The summed E-state index contributed by atoms with van der Waals surface area (Å²) in [6, 6.07) is 10.7. The summed E-state index contributed by atoms with van der Waals surface area (Å²) in [5.74, 6) is -0.561. The summed E-state index contributed by atoms with van der Waals surface area (Å²) >= 11 is 4.61. The normalized spacial score (nSPS) is 22.2. The minimum Gasteiger partial charge on any atom is -0.319 e. The lowest BCUT2D eigenvalue weighted by molar-refractivity contribution is -0.131. The first-order chi connectivity index (χ1) is 12.0. The molecule has 3 amide bonds. The lowest BCUT2D eigenvalue weighted by atomic mass is 9.76. The molecule has 2 aliphatic rings. The van der Waals surface area contributed by atoms with Gasteiger partial charge < -0.3 is 5.32 Å². The molecule has 1 fully saturated rings. The van der Waals surface area contributed by atoms with Crippen LogP contribution < -0.4 is 5.32 Å². The number of aryl methyl sites for hydroxylation is 1. The third-order valence-electron chi connectivity index (χ3n) is 4.80. The molecular weight excluding hydrogens is 404 g/mol. The molecule has 1 aliphatic carbocycles. The number of hydrogen-bond acceptors (Lipinski definition) is 4. The number of fused-ring (bicyclic) bond motifs is 2. The largest absolute Gasteiger partial charge is 0.325 e. The van der Waals surface area contributed by atoms with Crippen molar-refractivity contribution in [1.29, 1.82) is 0 Å². The van der Waals surface area contributed by atoms with Crippen LogP contribution in [0.15, 0.2) is 40.2 Å². The second-order valence-electron chi connectivity index (χ2n) is 6.26. The molecule has 1 aromatic carbocycles. The van der Waals surface area contributed by atoms with Gasteiger partial charge in [-0.2, -0.15) is 0 Å². The number of hydrogen-bond donors (Lipinski definition) is 1. The maximum absolute atomic E-state index is 13.1. The SMILES string of the molecule is O=C(CN1C(=O)N[C@@]2(CCCc3ccccc32)C1=O)c1ccc(Br)s1. The maximum Gasteiger partial charge on any atom is 0.325 e. The zero-order valence-corrected chi connectivity index (χ0v) is 15.7. The van der Waals surface area contributed by atoms with Gasteiger partial charge in [-0.05, 0) is 58.5 Å². The second kappa shape index (κ2) is 6.07. The first-order valence-electron chi connectivity index (χ1n) is 8.02. The van der Waals surface area contributed by atoms with Crippen LogP contribution in [-0.2, 0) is 16.8 Å². The average molecular weight is 419 g/mol. The van der Waals surface area contributed by atoms with Gasteiger partial charge in [0.05, 0.1) is 15.2 Å². The quantitative estimate of drug-likeness (QED) is 0.612. The fraction of sp³-hybridized carbons (Fsp3) is 0.278. The number of carbonyl (C=O) groups is 3. The van der Waals surface area contributed by atoms with Crippen molar-refractivity contribution in [3.63, 3.8) is 0 Å². The van der Waals surface area contributed by atoms with Crippen LogP contribution in [0.3, 0.4) is 0 Å². The van der Waals surface area contributed by atoms with Crippen molar-refractivity contribution in [1.82, 2.24) is 10.2 Å². The van der Waals surface area contributed by atoms with E-state index in [1.54, 1.807) is 12.1 Å². The Hall–Kier alpha value is -1.99. The molecule has 1 atom stereocenters. The number of Topliss-reactive ketones (excluding diaryl/α,β-unsaturated/α-hetero) is 1. The molecule has 25 heavy (non-hydrogen) atoms. The second-order valence-corrected chi connectivity index (χ2v) is 8.73. The molecule has 2 heterocycles. The molecule has 0 bridgehead atoms. The Labute approximate surface area is 157 Å². The van der Waals surface area contributed by atoms with Crippen LogP contribution in [0.2, 0.25) is 0 Å². The van der Waals surface area contributed by atoms with E-state index in [1.807, 2.05) is 24.3 Å². The fourth-order valence-corrected chi connectivity index (χ4v) is 4.96. The van der Waals surface area contributed by atoms with Crippen LogP contribution in [0.1, 0.15) is 33.6 Å². The molecule has 0 unspecified atom stereocenters. The van der Waals surface area contributed by atoms with Crippen LogP contribution in [-0.4, -0.2) is 29.2 Å². The molecule has 0 radical (unpaired) electrons. The molecule has 4 rings (SSSR count). The summed E-state index contributed by atoms with van der Waals surface area (Å²) in [7, 11) is 0. The Bertz CT molecular complexity index is 894. The van der Waals surface area contributed by atoms with Crippen molar-refractivity contribution in [3.05, 3.63) is 56.2 Å². The molecule has 1 saturated heterocycles. The highest BCUT2D eigenvalue weighted by molar-refractivity contribution is 9.11. The molecule has 2 aromatic rings. The van der Waals surface area contributed by atoms with Gasteiger partial charge in [-0.25, -0.2) is 4.79 Å². The first kappa shape index (κ1) is 16.5. The smallest absolute Gasteiger partial charge is 0.319 e. The van der Waals surface area contributed by atoms with Crippen LogP contribution in [0.5, 0.6) is 0 Å². The lowest BCUT2D eigenvalue weighted by Gasteiger charge is -2.33. The number of benzene rings is 1. The van der Waals surface area contributed by atoms with E-state index in [9.17, 15) is 14.4 Å². The molecule has 1 N–H and O–H groups in total. The summed E-state index contributed by atoms with van der Waals surface area (Å²) in [6.45, 7) is -0.235. The molecule has 5 nitrogen and oxygen atoms in total. The minimum absolute atomic E-state index is 0.235. The van der Waals surface area contributed by atoms with Gasteiger partial charge in [0.1, 0.15) is 5.54 Å². The number of nitrogens with zero attached hydrogens (tertiary/aromatic N) is 1. The average Bonchev–Trinajstić information content (AvgIpc) is 3.13. The molecule has 1 aliphatic heterocycles. The lowest BCUT2D eigenvalue weighted by Crippen LogP contribution is -2.46. The van der Waals surface area contributed by atoms with Gasteiger partial charge in [-0.15, -0.1) is 11.3 Å². The van der Waals surface area contributed by atoms with Gasteiger partial charge in [0.25, 0.3) is 5.91 Å². The number of halogens is 1. The number of rotatable bonds is 3. The standard InChI is InChI=1S/C18H15BrN2O3S/c19-15-8-7-14(25-15)13(22)10-21-16(23)18(20-17(21)24)9-3-5-11-4-1-2-6-12(11)18/h1-2,4,6-8H,3,5,9-10H2,(H,20,24)/t18-/m1/s1. The maximum atomic E-state index is 13.1. The van der Waals surface area contributed by atoms with Gasteiger partial charge in [-0.3, -0.25) is 14.5 Å². The van der Waals surface area contributed by atoms with Gasteiger partial charge in [-0.1, -0.05) is 24.3 Å². The van der Waals surface area contributed by atoms with E-state index in [2.05, 4.69) is 21.2 Å². The van der Waals surface area contributed by atoms with Crippen LogP contribution in [0, 0.1) is 0 Å². The summed E-state index contributed by atoms with van der Waals surface area (Å²) < 4.78 is 0.839. The predicted octanol–water partition coefficient (Wildman–Crippen LogP) is 3.48. The van der Waals surface area contributed by atoms with Crippen molar-refractivity contribution in [2.45, 2.75) is 24.8 Å². The van der Waals surface area contributed by atoms with E-state index in [1.165, 1.54) is 11.3 Å². The summed E-state index contributed by atoms with van der Waals surface area (Å²) in [5, 5.41) is 2.87. The number of imide groups is 1. The van der Waals surface area contributed by atoms with Crippen LogP contribution >= 0.6 is 27.3 Å². The Balaban J connectivity index is 1.64. The molecular formula is C18H15BrN2O3S. The van der Waals surface area contributed by atoms with Gasteiger partial charge >= 0.3 is 6.03 Å².